The summed E-state index contributed by atoms with van der Waals surface area (Å²) in [5, 5.41) is 1.60. The van der Waals surface area contributed by atoms with Gasteiger partial charge in [0, 0.05) is 6.54 Å². The Morgan fingerprint density at radius 2 is 1.88 bits per heavy atom. The van der Waals surface area contributed by atoms with Crippen LogP contribution in [0.3, 0.4) is 0 Å². The Bertz CT molecular complexity index is 379. The van der Waals surface area contributed by atoms with E-state index in [1.54, 1.807) is 0 Å². The second-order valence-corrected chi connectivity index (χ2v) is 6.67. The number of nitrogens with two attached hydrogens (primary N) is 1. The van der Waals surface area contributed by atoms with E-state index in [0.29, 0.717) is 12.5 Å². The molecule has 0 bridgehead atoms. The van der Waals surface area contributed by atoms with E-state index in [4.69, 9.17) is 5.73 Å². The van der Waals surface area contributed by atoms with Gasteiger partial charge in [-0.3, -0.25) is 4.79 Å². The highest BCUT2D eigenvalue weighted by molar-refractivity contribution is 7.93. The number of sulfonamides is 1. The molecule has 0 aliphatic rings. The molecule has 8 heteroatoms. The van der Waals surface area contributed by atoms with Crippen molar-refractivity contribution in [3.05, 3.63) is 0 Å². The van der Waals surface area contributed by atoms with Gasteiger partial charge in [-0.2, -0.15) is 0 Å². The van der Waals surface area contributed by atoms with Crippen LogP contribution in [0.1, 0.15) is 20.8 Å². The number of amides is 1. The second-order valence-electron chi connectivity index (χ2n) is 4.11. The second kappa shape index (κ2) is 6.87. The van der Waals surface area contributed by atoms with Gasteiger partial charge in [0.15, 0.2) is 0 Å². The highest BCUT2D eigenvalue weighted by atomic mass is 32.2. The Balaban J connectivity index is 4.19. The summed E-state index contributed by atoms with van der Waals surface area (Å²) in [6.07, 6.45) is 0. The molecule has 0 fully saturated rings. The van der Waals surface area contributed by atoms with Crippen LogP contribution < -0.4 is 15.8 Å². The van der Waals surface area contributed by atoms with Crippen molar-refractivity contribution in [2.75, 3.05) is 13.1 Å². The first-order valence-electron chi connectivity index (χ1n) is 5.21. The van der Waals surface area contributed by atoms with Crippen molar-refractivity contribution in [2.45, 2.75) is 26.0 Å². The minimum atomic E-state index is -3.67. The third kappa shape index (κ3) is 6.54. The van der Waals surface area contributed by atoms with Crippen LogP contribution in [-0.4, -0.2) is 37.7 Å². The number of carbonyl (C=O) groups excluding carboxylic acids is 1. The maximum absolute atomic E-state index is 11.6. The molecular weight excluding hydrogens is 262 g/mol. The predicted molar refractivity (Wildman–Crippen MR) is 71.0 cm³/mol. The molecular formula is C9H19N3O3S2. The fourth-order valence-corrected chi connectivity index (χ4v) is 2.09. The van der Waals surface area contributed by atoms with Gasteiger partial charge in [-0.05, 0) is 12.8 Å². The van der Waals surface area contributed by atoms with Gasteiger partial charge in [-0.15, -0.1) is 0 Å². The van der Waals surface area contributed by atoms with Gasteiger partial charge >= 0.3 is 0 Å². The Hall–Kier alpha value is -0.730. The fraction of sp³-hybridized carbons (Fsp3) is 0.778. The van der Waals surface area contributed by atoms with Gasteiger partial charge in [-0.25, -0.2) is 13.1 Å². The molecule has 1 atom stereocenters. The summed E-state index contributed by atoms with van der Waals surface area (Å²) in [4.78, 5) is 11.2. The largest absolute Gasteiger partial charge is 0.392 e. The maximum atomic E-state index is 11.6. The van der Waals surface area contributed by atoms with E-state index < -0.39 is 15.3 Å². The molecule has 0 aliphatic heterocycles. The van der Waals surface area contributed by atoms with Crippen LogP contribution in [0.5, 0.6) is 0 Å². The standard InChI is InChI=1S/C9H19N3O3S2/c1-6(2)4-11-8(13)5-12-17(14,15)7(3)9(10)16/h6-7,12H,4-5H2,1-3H3,(H2,10,16)(H,11,13). The molecule has 0 rings (SSSR count). The van der Waals surface area contributed by atoms with E-state index in [1.165, 1.54) is 6.92 Å². The van der Waals surface area contributed by atoms with Crippen molar-refractivity contribution < 1.29 is 13.2 Å². The molecule has 4 N–H and O–H groups in total. The first-order chi connectivity index (χ1) is 7.66. The molecule has 0 aliphatic carbocycles. The zero-order valence-electron chi connectivity index (χ0n) is 10.2. The summed E-state index contributed by atoms with van der Waals surface area (Å²) in [5.41, 5.74) is 5.24. The lowest BCUT2D eigenvalue weighted by Crippen LogP contribution is -2.44. The zero-order valence-corrected chi connectivity index (χ0v) is 11.8. The Morgan fingerprint density at radius 1 is 1.35 bits per heavy atom. The molecule has 0 saturated heterocycles. The molecule has 17 heavy (non-hydrogen) atoms. The molecule has 0 heterocycles. The minimum Gasteiger partial charge on any atom is -0.392 e. The number of rotatable bonds is 7. The van der Waals surface area contributed by atoms with Crippen molar-refractivity contribution in [3.8, 4) is 0 Å². The average Bonchev–Trinajstić information content (AvgIpc) is 2.22. The summed E-state index contributed by atoms with van der Waals surface area (Å²) in [7, 11) is -3.67. The summed E-state index contributed by atoms with van der Waals surface area (Å²) in [6.45, 7) is 5.46. The highest BCUT2D eigenvalue weighted by Gasteiger charge is 2.23. The first-order valence-corrected chi connectivity index (χ1v) is 7.16. The Labute approximate surface area is 107 Å². The van der Waals surface area contributed by atoms with Gasteiger partial charge < -0.3 is 11.1 Å². The topological polar surface area (TPSA) is 101 Å². The Kier molecular flexibility index (Phi) is 6.58. The molecule has 1 amide bonds. The van der Waals surface area contributed by atoms with Crippen LogP contribution in [-0.2, 0) is 14.8 Å². The molecule has 0 aromatic heterocycles. The summed E-state index contributed by atoms with van der Waals surface area (Å²) < 4.78 is 25.3. The van der Waals surface area contributed by atoms with Crippen LogP contribution >= 0.6 is 12.2 Å². The lowest BCUT2D eigenvalue weighted by atomic mass is 10.2. The van der Waals surface area contributed by atoms with Gasteiger partial charge in [0.1, 0.15) is 5.25 Å². The van der Waals surface area contributed by atoms with Gasteiger partial charge in [0.2, 0.25) is 15.9 Å². The van der Waals surface area contributed by atoms with Crippen molar-refractivity contribution >= 4 is 33.1 Å². The van der Waals surface area contributed by atoms with Crippen molar-refractivity contribution in [3.63, 3.8) is 0 Å². The predicted octanol–water partition coefficient (Wildman–Crippen LogP) is -0.647. The summed E-state index contributed by atoms with van der Waals surface area (Å²) in [5.74, 6) is -0.0662. The van der Waals surface area contributed by atoms with E-state index in [2.05, 4.69) is 22.3 Å². The molecule has 0 radical (unpaired) electrons. The van der Waals surface area contributed by atoms with E-state index in [-0.39, 0.29) is 17.4 Å². The molecule has 100 valence electrons. The van der Waals surface area contributed by atoms with Crippen molar-refractivity contribution in [2.24, 2.45) is 11.7 Å². The first kappa shape index (κ1) is 16.3. The number of hydrogen-bond acceptors (Lipinski definition) is 4. The average molecular weight is 281 g/mol. The highest BCUT2D eigenvalue weighted by Crippen LogP contribution is 1.97. The van der Waals surface area contributed by atoms with E-state index in [9.17, 15) is 13.2 Å². The van der Waals surface area contributed by atoms with E-state index in [1.807, 2.05) is 13.8 Å². The van der Waals surface area contributed by atoms with Gasteiger partial charge in [-0.1, -0.05) is 26.1 Å². The number of hydrogen-bond donors (Lipinski definition) is 3. The number of carbonyl (C=O) groups is 1. The molecule has 0 spiro atoms. The zero-order chi connectivity index (χ0) is 13.6. The SMILES string of the molecule is CC(C)CNC(=O)CNS(=O)(=O)C(C)C(N)=S. The third-order valence-corrected chi connectivity index (χ3v) is 4.24. The fourth-order valence-electron chi connectivity index (χ4n) is 0.825. The molecule has 0 aromatic rings. The van der Waals surface area contributed by atoms with Crippen LogP contribution in [0, 0.1) is 5.92 Å². The van der Waals surface area contributed by atoms with Crippen LogP contribution in [0.2, 0.25) is 0 Å². The van der Waals surface area contributed by atoms with Crippen LogP contribution in [0.15, 0.2) is 0 Å². The molecule has 6 nitrogen and oxygen atoms in total. The summed E-state index contributed by atoms with van der Waals surface area (Å²) >= 11 is 4.59. The lowest BCUT2D eigenvalue weighted by Gasteiger charge is -2.13. The van der Waals surface area contributed by atoms with E-state index >= 15 is 0 Å². The number of thiocarbonyl (C=S) groups is 1. The normalized spacial score (nSPS) is 13.4. The molecule has 0 saturated carbocycles. The van der Waals surface area contributed by atoms with Crippen molar-refractivity contribution in [1.82, 2.24) is 10.0 Å². The quantitative estimate of drug-likeness (QED) is 0.538. The Morgan fingerprint density at radius 3 is 2.29 bits per heavy atom. The van der Waals surface area contributed by atoms with Crippen molar-refractivity contribution in [1.29, 1.82) is 0 Å². The third-order valence-electron chi connectivity index (χ3n) is 2.01. The van der Waals surface area contributed by atoms with E-state index in [0.717, 1.165) is 0 Å². The maximum Gasteiger partial charge on any atom is 0.235 e. The van der Waals surface area contributed by atoms with Crippen LogP contribution in [0.4, 0.5) is 0 Å². The lowest BCUT2D eigenvalue weighted by molar-refractivity contribution is -0.120. The molecule has 1 unspecified atom stereocenters. The summed E-state index contributed by atoms with van der Waals surface area (Å²) in [6, 6.07) is 0. The number of nitrogens with one attached hydrogen (secondary N) is 2. The monoisotopic (exact) mass is 281 g/mol. The van der Waals surface area contributed by atoms with Crippen LogP contribution in [0.25, 0.3) is 0 Å². The van der Waals surface area contributed by atoms with Gasteiger partial charge in [0.25, 0.3) is 0 Å². The molecule has 0 aromatic carbocycles. The minimum absolute atomic E-state index is 0.125. The smallest absolute Gasteiger partial charge is 0.235 e. The van der Waals surface area contributed by atoms with Gasteiger partial charge in [0.05, 0.1) is 11.5 Å².